The third-order valence-corrected chi connectivity index (χ3v) is 6.78. The van der Waals surface area contributed by atoms with E-state index in [1.807, 2.05) is 35.7 Å². The third-order valence-electron chi connectivity index (χ3n) is 5.87. The molecule has 0 bridgehead atoms. The van der Waals surface area contributed by atoms with Gasteiger partial charge in [-0.25, -0.2) is 4.98 Å². The number of hydrogen-bond acceptors (Lipinski definition) is 8. The van der Waals surface area contributed by atoms with Gasteiger partial charge in [0, 0.05) is 48.9 Å². The van der Waals surface area contributed by atoms with Crippen molar-refractivity contribution in [2.24, 2.45) is 0 Å². The summed E-state index contributed by atoms with van der Waals surface area (Å²) in [5.41, 5.74) is 4.50. The Labute approximate surface area is 208 Å². The van der Waals surface area contributed by atoms with Crippen LogP contribution in [-0.2, 0) is 4.79 Å². The van der Waals surface area contributed by atoms with Crippen LogP contribution in [0, 0.1) is 0 Å². The van der Waals surface area contributed by atoms with Gasteiger partial charge in [-0.1, -0.05) is 12.6 Å². The Morgan fingerprint density at radius 2 is 1.74 bits per heavy atom. The number of carbonyl (C=O) groups is 1. The van der Waals surface area contributed by atoms with Gasteiger partial charge in [-0.15, -0.1) is 11.3 Å². The lowest BCUT2D eigenvalue weighted by Crippen LogP contribution is -2.44. The first kappa shape index (κ1) is 22.8. The Kier molecular flexibility index (Phi) is 6.60. The Morgan fingerprint density at radius 1 is 0.971 bits per heavy atom. The second-order valence-corrected chi connectivity index (χ2v) is 9.31. The summed E-state index contributed by atoms with van der Waals surface area (Å²) in [5, 5.41) is 11.5. The number of piperazine rings is 1. The smallest absolute Gasteiger partial charge is 0.247 e. The molecule has 0 saturated carbocycles. The van der Waals surface area contributed by atoms with Crippen LogP contribution in [0.5, 0.6) is 0 Å². The number of rotatable bonds is 7. The molecule has 0 aliphatic carbocycles. The summed E-state index contributed by atoms with van der Waals surface area (Å²) in [7, 11) is 2.16. The summed E-state index contributed by atoms with van der Waals surface area (Å²) in [6.45, 7) is 7.72. The molecule has 1 fully saturated rings. The molecule has 8 nitrogen and oxygen atoms in total. The van der Waals surface area contributed by atoms with Crippen LogP contribution in [-0.4, -0.2) is 54.0 Å². The lowest BCUT2D eigenvalue weighted by molar-refractivity contribution is -0.111. The first-order valence-corrected chi connectivity index (χ1v) is 12.3. The van der Waals surface area contributed by atoms with Crippen molar-refractivity contribution < 1.29 is 4.79 Å². The third kappa shape index (κ3) is 5.42. The highest BCUT2D eigenvalue weighted by Gasteiger charge is 2.15. The Balaban J connectivity index is 1.35. The molecular formula is C26H27N7OS. The van der Waals surface area contributed by atoms with Crippen LogP contribution in [0.3, 0.4) is 0 Å². The van der Waals surface area contributed by atoms with Crippen molar-refractivity contribution >= 4 is 62.0 Å². The maximum atomic E-state index is 11.7. The SMILES string of the molecule is C=CC(=O)Nc1cccc(Nc2nc(Nc3ccc(N4CCN(C)CC4)cc3)nc3ccsc23)c1. The summed E-state index contributed by atoms with van der Waals surface area (Å²) in [4.78, 5) is 25.8. The molecular weight excluding hydrogens is 458 g/mol. The van der Waals surface area contributed by atoms with Gasteiger partial charge < -0.3 is 25.8 Å². The van der Waals surface area contributed by atoms with E-state index in [9.17, 15) is 4.79 Å². The van der Waals surface area contributed by atoms with Crippen molar-refractivity contribution in [1.29, 1.82) is 0 Å². The van der Waals surface area contributed by atoms with E-state index in [1.165, 1.54) is 11.8 Å². The minimum atomic E-state index is -0.255. The molecule has 5 rings (SSSR count). The standard InChI is InChI=1S/C26H27N7OS/c1-3-23(34)27-19-5-4-6-20(17-19)28-25-24-22(11-16-35-24)30-26(31-25)29-18-7-9-21(10-8-18)33-14-12-32(2)13-15-33/h3-11,16-17H,1,12-15H2,2H3,(H,27,34)(H2,28,29,30,31). The average Bonchev–Trinajstić information content (AvgIpc) is 3.34. The van der Waals surface area contributed by atoms with Gasteiger partial charge in [0.05, 0.1) is 10.2 Å². The van der Waals surface area contributed by atoms with E-state index in [0.717, 1.165) is 47.8 Å². The maximum Gasteiger partial charge on any atom is 0.247 e. The fourth-order valence-electron chi connectivity index (χ4n) is 3.96. The number of benzene rings is 2. The topological polar surface area (TPSA) is 85.4 Å². The van der Waals surface area contributed by atoms with E-state index in [4.69, 9.17) is 4.98 Å². The highest BCUT2D eigenvalue weighted by atomic mass is 32.1. The van der Waals surface area contributed by atoms with Crippen LogP contribution in [0.25, 0.3) is 10.2 Å². The molecule has 3 heterocycles. The number of anilines is 6. The molecule has 0 radical (unpaired) electrons. The summed E-state index contributed by atoms with van der Waals surface area (Å²) in [5.74, 6) is 0.963. The Hall–Kier alpha value is -3.95. The number of nitrogens with zero attached hydrogens (tertiary/aromatic N) is 4. The predicted octanol–water partition coefficient (Wildman–Crippen LogP) is 5.05. The van der Waals surface area contributed by atoms with E-state index in [-0.39, 0.29) is 5.91 Å². The van der Waals surface area contributed by atoms with Gasteiger partial charge in [0.15, 0.2) is 5.82 Å². The molecule has 1 saturated heterocycles. The van der Waals surface area contributed by atoms with Crippen LogP contribution >= 0.6 is 11.3 Å². The summed E-state index contributed by atoms with van der Waals surface area (Å²) in [6, 6.07) is 17.9. The van der Waals surface area contributed by atoms with E-state index < -0.39 is 0 Å². The average molecular weight is 486 g/mol. The fourth-order valence-corrected chi connectivity index (χ4v) is 4.73. The molecule has 0 spiro atoms. The number of hydrogen-bond donors (Lipinski definition) is 3. The van der Waals surface area contributed by atoms with Gasteiger partial charge in [0.25, 0.3) is 0 Å². The number of likely N-dealkylation sites (N-methyl/N-ethyl adjacent to an activating group) is 1. The zero-order valence-electron chi connectivity index (χ0n) is 19.5. The second-order valence-electron chi connectivity index (χ2n) is 8.39. The summed E-state index contributed by atoms with van der Waals surface area (Å²) in [6.07, 6.45) is 1.25. The molecule has 2 aromatic heterocycles. The molecule has 1 amide bonds. The Bertz CT molecular complexity index is 1340. The number of nitrogens with one attached hydrogen (secondary N) is 3. The van der Waals surface area contributed by atoms with Crippen LogP contribution in [0.2, 0.25) is 0 Å². The number of amides is 1. The lowest BCUT2D eigenvalue weighted by atomic mass is 10.2. The van der Waals surface area contributed by atoms with Gasteiger partial charge in [-0.05, 0) is 67.0 Å². The molecule has 4 aromatic rings. The lowest BCUT2D eigenvalue weighted by Gasteiger charge is -2.34. The Morgan fingerprint density at radius 3 is 2.51 bits per heavy atom. The van der Waals surface area contributed by atoms with Crippen molar-refractivity contribution in [2.45, 2.75) is 0 Å². The number of thiophene rings is 1. The van der Waals surface area contributed by atoms with Gasteiger partial charge in [0.1, 0.15) is 0 Å². The molecule has 3 N–H and O–H groups in total. The van der Waals surface area contributed by atoms with E-state index in [2.05, 4.69) is 68.6 Å². The van der Waals surface area contributed by atoms with Crippen LogP contribution in [0.1, 0.15) is 0 Å². The van der Waals surface area contributed by atoms with Gasteiger partial charge in [-0.3, -0.25) is 4.79 Å². The molecule has 2 aromatic carbocycles. The summed E-state index contributed by atoms with van der Waals surface area (Å²) < 4.78 is 0.960. The maximum absolute atomic E-state index is 11.7. The molecule has 1 aliphatic heterocycles. The van der Waals surface area contributed by atoms with Crippen molar-refractivity contribution in [3.63, 3.8) is 0 Å². The molecule has 0 unspecified atom stereocenters. The first-order valence-electron chi connectivity index (χ1n) is 11.4. The van der Waals surface area contributed by atoms with Crippen molar-refractivity contribution in [1.82, 2.24) is 14.9 Å². The number of fused-ring (bicyclic) bond motifs is 1. The molecule has 0 atom stereocenters. The van der Waals surface area contributed by atoms with Crippen LogP contribution < -0.4 is 20.9 Å². The number of aromatic nitrogens is 2. The molecule has 1 aliphatic rings. The molecule has 35 heavy (non-hydrogen) atoms. The van der Waals surface area contributed by atoms with Crippen molar-refractivity contribution in [3.05, 3.63) is 72.6 Å². The van der Waals surface area contributed by atoms with Gasteiger partial charge >= 0.3 is 0 Å². The first-order chi connectivity index (χ1) is 17.1. The highest BCUT2D eigenvalue weighted by molar-refractivity contribution is 7.17. The largest absolute Gasteiger partial charge is 0.369 e. The quantitative estimate of drug-likeness (QED) is 0.316. The zero-order chi connectivity index (χ0) is 24.2. The second kappa shape index (κ2) is 10.1. The molecule has 178 valence electrons. The van der Waals surface area contributed by atoms with Crippen LogP contribution in [0.4, 0.5) is 34.5 Å². The molecule has 9 heteroatoms. The zero-order valence-corrected chi connectivity index (χ0v) is 20.3. The van der Waals surface area contributed by atoms with Crippen molar-refractivity contribution in [3.8, 4) is 0 Å². The highest BCUT2D eigenvalue weighted by Crippen LogP contribution is 2.31. The van der Waals surface area contributed by atoms with E-state index >= 15 is 0 Å². The van der Waals surface area contributed by atoms with E-state index in [0.29, 0.717) is 17.5 Å². The monoisotopic (exact) mass is 485 g/mol. The predicted molar refractivity (Wildman–Crippen MR) is 145 cm³/mol. The van der Waals surface area contributed by atoms with Crippen LogP contribution in [0.15, 0.2) is 72.6 Å². The number of carbonyl (C=O) groups excluding carboxylic acids is 1. The van der Waals surface area contributed by atoms with Gasteiger partial charge in [-0.2, -0.15) is 4.98 Å². The minimum absolute atomic E-state index is 0.255. The van der Waals surface area contributed by atoms with E-state index in [1.54, 1.807) is 11.3 Å². The fraction of sp³-hybridized carbons (Fsp3) is 0.192. The minimum Gasteiger partial charge on any atom is -0.369 e. The normalized spacial score (nSPS) is 14.0. The van der Waals surface area contributed by atoms with Crippen molar-refractivity contribution in [2.75, 3.05) is 54.1 Å². The van der Waals surface area contributed by atoms with Gasteiger partial charge in [0.2, 0.25) is 11.9 Å². The summed E-state index contributed by atoms with van der Waals surface area (Å²) >= 11 is 1.58.